The summed E-state index contributed by atoms with van der Waals surface area (Å²) >= 11 is 0. The molecule has 5 nitrogen and oxygen atoms in total. The van der Waals surface area contributed by atoms with Crippen molar-refractivity contribution in [2.45, 2.75) is 32.2 Å². The topological polar surface area (TPSA) is 59.0 Å². The van der Waals surface area contributed by atoms with Crippen molar-refractivity contribution in [3.05, 3.63) is 35.9 Å². The maximum atomic E-state index is 14.0. The lowest BCUT2D eigenvalue weighted by Crippen LogP contribution is -2.39. The Hall–Kier alpha value is -1.66. The second-order valence-corrected chi connectivity index (χ2v) is 5.38. The van der Waals surface area contributed by atoms with E-state index in [1.807, 2.05) is 13.8 Å². The molecule has 1 aromatic carbocycles. The van der Waals surface area contributed by atoms with E-state index in [0.29, 0.717) is 5.56 Å². The van der Waals surface area contributed by atoms with E-state index in [2.05, 4.69) is 0 Å². The number of hydrogen-bond acceptors (Lipinski definition) is 4. The van der Waals surface area contributed by atoms with Crippen molar-refractivity contribution < 1.29 is 23.9 Å². The zero-order valence-corrected chi connectivity index (χ0v) is 12.1. The Morgan fingerprint density at radius 3 is 2.71 bits per heavy atom. The number of amides is 1. The average Bonchev–Trinajstić information content (AvgIpc) is 2.86. The van der Waals surface area contributed by atoms with Gasteiger partial charge in [-0.25, -0.2) is 9.18 Å². The van der Waals surface area contributed by atoms with Gasteiger partial charge in [0.2, 0.25) is 0 Å². The second kappa shape index (κ2) is 6.87. The fraction of sp³-hybridized carbons (Fsp3) is 0.533. The lowest BCUT2D eigenvalue weighted by molar-refractivity contribution is -0.161. The van der Waals surface area contributed by atoms with Gasteiger partial charge in [-0.15, -0.1) is 0 Å². The van der Waals surface area contributed by atoms with Gasteiger partial charge < -0.3 is 9.84 Å². The molecule has 0 bridgehead atoms. The zero-order valence-electron chi connectivity index (χ0n) is 12.1. The van der Waals surface area contributed by atoms with Gasteiger partial charge in [0.25, 0.3) is 0 Å². The Morgan fingerprint density at radius 2 is 2.10 bits per heavy atom. The van der Waals surface area contributed by atoms with Crippen molar-refractivity contribution in [2.24, 2.45) is 5.92 Å². The minimum atomic E-state index is -1.63. The smallest absolute Gasteiger partial charge is 0.434 e. The first-order valence-corrected chi connectivity index (χ1v) is 6.96. The number of carbonyl (C=O) groups excluding carboxylic acids is 1. The van der Waals surface area contributed by atoms with E-state index in [1.165, 1.54) is 0 Å². The third kappa shape index (κ3) is 3.71. The molecule has 21 heavy (non-hydrogen) atoms. The molecule has 0 aliphatic carbocycles. The first kappa shape index (κ1) is 15.7. The number of hydroxylamine groups is 2. The number of nitrogens with zero attached hydrogens (tertiary/aromatic N) is 1. The minimum Gasteiger partial charge on any atom is -0.446 e. The van der Waals surface area contributed by atoms with Crippen LogP contribution in [0.2, 0.25) is 0 Å². The van der Waals surface area contributed by atoms with Crippen molar-refractivity contribution >= 4 is 6.09 Å². The van der Waals surface area contributed by atoms with Gasteiger partial charge in [-0.2, -0.15) is 5.06 Å². The van der Waals surface area contributed by atoms with Gasteiger partial charge in [0.1, 0.15) is 19.3 Å². The van der Waals surface area contributed by atoms with Crippen molar-refractivity contribution in [3.63, 3.8) is 0 Å². The standard InChI is InChI=1S/C15H20FNO4/c1-10(2)13-9-20-15(19)17(13)21-8-12(16)14(18)11-6-4-3-5-7-11/h3-7,10,12-14,18H,8-9H2,1-2H3/t12-,13+,14+/m0/s1. The predicted octanol–water partition coefficient (Wildman–Crippen LogP) is 2.47. The first-order valence-electron chi connectivity index (χ1n) is 6.96. The number of carbonyl (C=O) groups is 1. The molecular weight excluding hydrogens is 277 g/mol. The summed E-state index contributed by atoms with van der Waals surface area (Å²) in [5.74, 6) is 0.133. The van der Waals surface area contributed by atoms with E-state index in [0.717, 1.165) is 5.06 Å². The van der Waals surface area contributed by atoms with E-state index < -0.39 is 25.0 Å². The lowest BCUT2D eigenvalue weighted by atomic mass is 10.1. The summed E-state index contributed by atoms with van der Waals surface area (Å²) in [4.78, 5) is 16.8. The van der Waals surface area contributed by atoms with Crippen molar-refractivity contribution in [1.82, 2.24) is 5.06 Å². The van der Waals surface area contributed by atoms with Gasteiger partial charge in [0, 0.05) is 0 Å². The number of alkyl halides is 1. The van der Waals surface area contributed by atoms with E-state index in [-0.39, 0.29) is 18.6 Å². The molecule has 0 aromatic heterocycles. The molecule has 1 saturated heterocycles. The van der Waals surface area contributed by atoms with Gasteiger partial charge in [-0.1, -0.05) is 44.2 Å². The van der Waals surface area contributed by atoms with Crippen LogP contribution in [0.25, 0.3) is 0 Å². The molecule has 3 atom stereocenters. The summed E-state index contributed by atoms with van der Waals surface area (Å²) in [7, 11) is 0. The molecular formula is C15H20FNO4. The first-order chi connectivity index (χ1) is 10.0. The van der Waals surface area contributed by atoms with Crippen molar-refractivity contribution in [3.8, 4) is 0 Å². The van der Waals surface area contributed by atoms with Crippen LogP contribution in [0.1, 0.15) is 25.5 Å². The number of halogens is 1. The van der Waals surface area contributed by atoms with Gasteiger partial charge >= 0.3 is 6.09 Å². The summed E-state index contributed by atoms with van der Waals surface area (Å²) in [6, 6.07) is 8.26. The van der Waals surface area contributed by atoms with Crippen LogP contribution < -0.4 is 0 Å². The molecule has 1 aromatic rings. The fourth-order valence-corrected chi connectivity index (χ4v) is 2.14. The second-order valence-electron chi connectivity index (χ2n) is 5.38. The highest BCUT2D eigenvalue weighted by atomic mass is 19.1. The van der Waals surface area contributed by atoms with Crippen LogP contribution in [0.3, 0.4) is 0 Å². The van der Waals surface area contributed by atoms with Crippen LogP contribution >= 0.6 is 0 Å². The van der Waals surface area contributed by atoms with Crippen LogP contribution in [0, 0.1) is 5.92 Å². The van der Waals surface area contributed by atoms with E-state index in [4.69, 9.17) is 9.57 Å². The molecule has 1 aliphatic rings. The Balaban J connectivity index is 1.91. The summed E-state index contributed by atoms with van der Waals surface area (Å²) in [6.07, 6.45) is -3.54. The average molecular weight is 297 g/mol. The molecule has 2 rings (SSSR count). The number of aliphatic hydroxyl groups excluding tert-OH is 1. The zero-order chi connectivity index (χ0) is 15.4. The van der Waals surface area contributed by atoms with Crippen LogP contribution in [0.4, 0.5) is 9.18 Å². The molecule has 1 amide bonds. The fourth-order valence-electron chi connectivity index (χ4n) is 2.14. The highest BCUT2D eigenvalue weighted by Gasteiger charge is 2.37. The highest BCUT2D eigenvalue weighted by Crippen LogP contribution is 2.23. The Bertz CT molecular complexity index is 468. The number of cyclic esters (lactones) is 1. The Kier molecular flexibility index (Phi) is 5.14. The van der Waals surface area contributed by atoms with Crippen LogP contribution in [0.15, 0.2) is 30.3 Å². The molecule has 1 fully saturated rings. The Morgan fingerprint density at radius 1 is 1.43 bits per heavy atom. The molecule has 1 heterocycles. The Labute approximate surface area is 123 Å². The molecule has 1 N–H and O–H groups in total. The predicted molar refractivity (Wildman–Crippen MR) is 74.1 cm³/mol. The summed E-state index contributed by atoms with van der Waals surface area (Å²) in [5.41, 5.74) is 0.470. The summed E-state index contributed by atoms with van der Waals surface area (Å²) in [6.45, 7) is 3.67. The van der Waals surface area contributed by atoms with E-state index in [1.54, 1.807) is 30.3 Å². The van der Waals surface area contributed by atoms with Gasteiger partial charge in [0.15, 0.2) is 6.17 Å². The minimum absolute atomic E-state index is 0.133. The highest BCUT2D eigenvalue weighted by molar-refractivity contribution is 5.68. The van der Waals surface area contributed by atoms with Gasteiger partial charge in [0.05, 0.1) is 6.04 Å². The largest absolute Gasteiger partial charge is 0.446 e. The quantitative estimate of drug-likeness (QED) is 0.876. The number of ether oxygens (including phenoxy) is 1. The number of hydrogen-bond donors (Lipinski definition) is 1. The maximum Gasteiger partial charge on any atom is 0.434 e. The van der Waals surface area contributed by atoms with Gasteiger partial charge in [-0.05, 0) is 11.5 Å². The van der Waals surface area contributed by atoms with Crippen LogP contribution in [-0.2, 0) is 9.57 Å². The number of benzene rings is 1. The molecule has 0 saturated carbocycles. The third-order valence-electron chi connectivity index (χ3n) is 3.48. The van der Waals surface area contributed by atoms with Crippen LogP contribution in [0.5, 0.6) is 0 Å². The molecule has 1 aliphatic heterocycles. The molecule has 6 heteroatoms. The third-order valence-corrected chi connectivity index (χ3v) is 3.48. The maximum absolute atomic E-state index is 14.0. The molecule has 0 spiro atoms. The van der Waals surface area contributed by atoms with E-state index >= 15 is 0 Å². The summed E-state index contributed by atoms with van der Waals surface area (Å²) in [5, 5.41) is 11.0. The van der Waals surface area contributed by atoms with Crippen molar-refractivity contribution in [1.29, 1.82) is 0 Å². The summed E-state index contributed by atoms with van der Waals surface area (Å²) < 4.78 is 18.9. The monoisotopic (exact) mass is 297 g/mol. The van der Waals surface area contributed by atoms with Crippen molar-refractivity contribution in [2.75, 3.05) is 13.2 Å². The van der Waals surface area contributed by atoms with Crippen LogP contribution in [-0.4, -0.2) is 41.7 Å². The molecule has 116 valence electrons. The number of rotatable bonds is 6. The van der Waals surface area contributed by atoms with Gasteiger partial charge in [-0.3, -0.25) is 4.84 Å². The molecule has 0 unspecified atom stereocenters. The molecule has 0 radical (unpaired) electrons. The SMILES string of the molecule is CC(C)[C@H]1COC(=O)N1OC[C@H](F)[C@H](O)c1ccccc1. The lowest BCUT2D eigenvalue weighted by Gasteiger charge is -2.25. The number of aliphatic hydroxyl groups is 1. The van der Waals surface area contributed by atoms with E-state index in [9.17, 15) is 14.3 Å². The normalized spacial score (nSPS) is 21.5.